The van der Waals surface area contributed by atoms with Crippen molar-refractivity contribution in [3.63, 3.8) is 0 Å². The van der Waals surface area contributed by atoms with E-state index in [1.54, 1.807) is 24.4 Å². The van der Waals surface area contributed by atoms with Crippen molar-refractivity contribution in [1.82, 2.24) is 30.5 Å². The second-order valence-corrected chi connectivity index (χ2v) is 5.47. The number of hydrogen-bond donors (Lipinski definition) is 1. The maximum Gasteiger partial charge on any atom is 0.251 e. The Balaban J connectivity index is 1.43. The molecule has 2 aromatic heterocycles. The van der Waals surface area contributed by atoms with E-state index in [0.717, 1.165) is 5.56 Å². The zero-order chi connectivity index (χ0) is 17.8. The largest absolute Gasteiger partial charge is 0.439 e. The fourth-order valence-corrected chi connectivity index (χ4v) is 2.46. The lowest BCUT2D eigenvalue weighted by Crippen LogP contribution is -2.23. The number of carbonyl (C=O) groups excluding carboxylic acids is 1. The maximum absolute atomic E-state index is 12.4. The van der Waals surface area contributed by atoms with Gasteiger partial charge in [0.15, 0.2) is 5.76 Å². The molecule has 128 valence electrons. The van der Waals surface area contributed by atoms with E-state index in [2.05, 4.69) is 25.8 Å². The molecular formula is C18H14N6O2. The summed E-state index contributed by atoms with van der Waals surface area (Å²) in [4.78, 5) is 16.6. The number of benzene rings is 2. The highest BCUT2D eigenvalue weighted by molar-refractivity contribution is 5.94. The quantitative estimate of drug-likeness (QED) is 0.595. The topological polar surface area (TPSA) is 98.7 Å². The summed E-state index contributed by atoms with van der Waals surface area (Å²) in [7, 11) is 0. The number of amides is 1. The van der Waals surface area contributed by atoms with E-state index in [1.807, 2.05) is 36.4 Å². The second-order valence-electron chi connectivity index (χ2n) is 5.47. The van der Waals surface area contributed by atoms with Gasteiger partial charge >= 0.3 is 0 Å². The Hall–Kier alpha value is -3.81. The zero-order valence-corrected chi connectivity index (χ0v) is 13.6. The van der Waals surface area contributed by atoms with Crippen LogP contribution in [0.5, 0.6) is 0 Å². The lowest BCUT2D eigenvalue weighted by atomic mass is 10.2. The molecule has 0 radical (unpaired) electrons. The molecule has 8 nitrogen and oxygen atoms in total. The number of aromatic nitrogens is 5. The smallest absolute Gasteiger partial charge is 0.251 e. The van der Waals surface area contributed by atoms with E-state index in [0.29, 0.717) is 22.9 Å². The third-order valence-corrected chi connectivity index (χ3v) is 3.73. The predicted octanol–water partition coefficient (Wildman–Crippen LogP) is 2.25. The Morgan fingerprint density at radius 3 is 2.81 bits per heavy atom. The minimum atomic E-state index is -0.237. The summed E-state index contributed by atoms with van der Waals surface area (Å²) in [6, 6.07) is 16.7. The summed E-state index contributed by atoms with van der Waals surface area (Å²) < 4.78 is 7.17. The molecule has 4 rings (SSSR count). The lowest BCUT2D eigenvalue weighted by Gasteiger charge is -2.05. The molecule has 0 aliphatic rings. The highest BCUT2D eigenvalue weighted by Crippen LogP contribution is 2.19. The molecule has 0 unspecified atom stereocenters. The Kier molecular flexibility index (Phi) is 4.21. The van der Waals surface area contributed by atoms with E-state index in [1.165, 1.54) is 11.0 Å². The summed E-state index contributed by atoms with van der Waals surface area (Å²) >= 11 is 0. The van der Waals surface area contributed by atoms with Crippen molar-refractivity contribution < 1.29 is 9.21 Å². The van der Waals surface area contributed by atoms with Gasteiger partial charge in [-0.3, -0.25) is 4.79 Å². The van der Waals surface area contributed by atoms with Crippen molar-refractivity contribution in [2.45, 2.75) is 6.54 Å². The molecule has 0 saturated heterocycles. The van der Waals surface area contributed by atoms with Crippen molar-refractivity contribution in [2.75, 3.05) is 0 Å². The van der Waals surface area contributed by atoms with Crippen LogP contribution in [0.15, 0.2) is 71.5 Å². The number of nitrogens with zero attached hydrogens (tertiary/aromatic N) is 5. The first-order valence-corrected chi connectivity index (χ1v) is 7.91. The molecule has 0 aliphatic heterocycles. The van der Waals surface area contributed by atoms with Crippen LogP contribution in [0.3, 0.4) is 0 Å². The van der Waals surface area contributed by atoms with Crippen molar-refractivity contribution in [1.29, 1.82) is 0 Å². The van der Waals surface area contributed by atoms with Crippen LogP contribution in [-0.2, 0) is 6.54 Å². The molecule has 0 aliphatic carbocycles. The lowest BCUT2D eigenvalue weighted by molar-refractivity contribution is 0.0947. The van der Waals surface area contributed by atoms with Crippen LogP contribution < -0.4 is 5.32 Å². The standard InChI is InChI=1S/C18H14N6O2/c25-18(14-7-4-8-15(9-14)24-12-21-22-23-24)20-11-17-19-10-16(26-17)13-5-2-1-3-6-13/h1-10,12H,11H2,(H,20,25). The van der Waals surface area contributed by atoms with Crippen LogP contribution in [0, 0.1) is 0 Å². The first-order chi connectivity index (χ1) is 12.8. The molecule has 0 atom stereocenters. The van der Waals surface area contributed by atoms with E-state index in [4.69, 9.17) is 4.42 Å². The zero-order valence-electron chi connectivity index (χ0n) is 13.6. The van der Waals surface area contributed by atoms with Crippen LogP contribution in [-0.4, -0.2) is 31.1 Å². The third kappa shape index (κ3) is 3.34. The van der Waals surface area contributed by atoms with E-state index in [-0.39, 0.29) is 12.5 Å². The molecule has 2 aromatic carbocycles. The van der Waals surface area contributed by atoms with Gasteiger partial charge in [-0.05, 0) is 28.6 Å². The molecular weight excluding hydrogens is 332 g/mol. The first-order valence-electron chi connectivity index (χ1n) is 7.91. The van der Waals surface area contributed by atoms with Crippen LogP contribution in [0.4, 0.5) is 0 Å². The minimum absolute atomic E-state index is 0.195. The summed E-state index contributed by atoms with van der Waals surface area (Å²) in [5.74, 6) is 0.865. The SMILES string of the molecule is O=C(NCc1ncc(-c2ccccc2)o1)c1cccc(-n2cnnn2)c1. The predicted molar refractivity (Wildman–Crippen MR) is 92.3 cm³/mol. The number of rotatable bonds is 5. The van der Waals surface area contributed by atoms with Crippen molar-refractivity contribution in [3.05, 3.63) is 78.6 Å². The average molecular weight is 346 g/mol. The number of tetrazole rings is 1. The maximum atomic E-state index is 12.4. The summed E-state index contributed by atoms with van der Waals surface area (Å²) in [5, 5.41) is 13.8. The van der Waals surface area contributed by atoms with E-state index in [9.17, 15) is 4.79 Å². The normalized spacial score (nSPS) is 10.6. The van der Waals surface area contributed by atoms with E-state index >= 15 is 0 Å². The van der Waals surface area contributed by atoms with E-state index < -0.39 is 0 Å². The number of hydrogen-bond acceptors (Lipinski definition) is 6. The monoisotopic (exact) mass is 346 g/mol. The van der Waals surface area contributed by atoms with Crippen LogP contribution in [0.1, 0.15) is 16.2 Å². The van der Waals surface area contributed by atoms with Gasteiger partial charge in [0.1, 0.15) is 6.33 Å². The fourth-order valence-electron chi connectivity index (χ4n) is 2.46. The number of oxazole rings is 1. The molecule has 1 N–H and O–H groups in total. The summed E-state index contributed by atoms with van der Waals surface area (Å²) in [6.45, 7) is 0.195. The Bertz CT molecular complexity index is 1010. The first kappa shape index (κ1) is 15.7. The van der Waals surface area contributed by atoms with Gasteiger partial charge in [-0.1, -0.05) is 36.4 Å². The van der Waals surface area contributed by atoms with Crippen LogP contribution >= 0.6 is 0 Å². The fraction of sp³-hybridized carbons (Fsp3) is 0.0556. The molecule has 8 heteroatoms. The molecule has 0 fully saturated rings. The third-order valence-electron chi connectivity index (χ3n) is 3.73. The molecule has 0 bridgehead atoms. The number of carbonyl (C=O) groups is 1. The molecule has 0 spiro atoms. The van der Waals surface area contributed by atoms with Gasteiger partial charge in [0, 0.05) is 11.1 Å². The Morgan fingerprint density at radius 1 is 1.12 bits per heavy atom. The highest BCUT2D eigenvalue weighted by atomic mass is 16.4. The summed E-state index contributed by atoms with van der Waals surface area (Å²) in [6.07, 6.45) is 3.12. The Morgan fingerprint density at radius 2 is 2.00 bits per heavy atom. The Labute approximate surface area is 148 Å². The second kappa shape index (κ2) is 6.98. The van der Waals surface area contributed by atoms with Crippen molar-refractivity contribution in [3.8, 4) is 17.0 Å². The van der Waals surface area contributed by atoms with Gasteiger partial charge in [0.25, 0.3) is 5.91 Å². The highest BCUT2D eigenvalue weighted by Gasteiger charge is 2.10. The summed E-state index contributed by atoms with van der Waals surface area (Å²) in [5.41, 5.74) is 2.13. The van der Waals surface area contributed by atoms with Crippen LogP contribution in [0.2, 0.25) is 0 Å². The molecule has 26 heavy (non-hydrogen) atoms. The van der Waals surface area contributed by atoms with Gasteiger partial charge in [-0.25, -0.2) is 9.67 Å². The number of nitrogens with one attached hydrogen (secondary N) is 1. The van der Waals surface area contributed by atoms with Crippen molar-refractivity contribution >= 4 is 5.91 Å². The molecule has 1 amide bonds. The van der Waals surface area contributed by atoms with Gasteiger partial charge in [0.05, 0.1) is 18.4 Å². The van der Waals surface area contributed by atoms with Gasteiger partial charge < -0.3 is 9.73 Å². The van der Waals surface area contributed by atoms with Gasteiger partial charge in [0.2, 0.25) is 5.89 Å². The molecule has 4 aromatic rings. The molecule has 2 heterocycles. The van der Waals surface area contributed by atoms with Gasteiger partial charge in [-0.2, -0.15) is 0 Å². The van der Waals surface area contributed by atoms with Gasteiger partial charge in [-0.15, -0.1) is 5.10 Å². The van der Waals surface area contributed by atoms with Crippen molar-refractivity contribution in [2.24, 2.45) is 0 Å². The van der Waals surface area contributed by atoms with Crippen LogP contribution in [0.25, 0.3) is 17.0 Å². The minimum Gasteiger partial charge on any atom is -0.439 e. The average Bonchev–Trinajstić information content (AvgIpc) is 3.39. The molecule has 0 saturated carbocycles.